The van der Waals surface area contributed by atoms with Crippen LogP contribution in [0.15, 0.2) is 22.7 Å². The van der Waals surface area contributed by atoms with E-state index in [1.54, 1.807) is 12.3 Å². The summed E-state index contributed by atoms with van der Waals surface area (Å²) in [6, 6.07) is 2.67. The molecule has 112 valence electrons. The summed E-state index contributed by atoms with van der Waals surface area (Å²) in [4.78, 5) is 19.7. The van der Waals surface area contributed by atoms with Crippen molar-refractivity contribution in [2.24, 2.45) is 0 Å². The third-order valence-corrected chi connectivity index (χ3v) is 2.78. The largest absolute Gasteiger partial charge is 0.481 e. The van der Waals surface area contributed by atoms with E-state index in [0.717, 1.165) is 12.2 Å². The highest BCUT2D eigenvalue weighted by atomic mass is 35.5. The first-order chi connectivity index (χ1) is 10.1. The van der Waals surface area contributed by atoms with Crippen LogP contribution in [-0.4, -0.2) is 23.1 Å². The highest BCUT2D eigenvalue weighted by Crippen LogP contribution is 2.19. The zero-order chi connectivity index (χ0) is 15.2. The molecule has 0 saturated heterocycles. The number of hydrogen-bond acceptors (Lipinski definition) is 5. The van der Waals surface area contributed by atoms with Gasteiger partial charge in [-0.05, 0) is 6.07 Å². The van der Waals surface area contributed by atoms with Crippen molar-refractivity contribution in [1.29, 1.82) is 0 Å². The van der Waals surface area contributed by atoms with E-state index in [0.29, 0.717) is 17.5 Å². The number of nitrogens with one attached hydrogen (secondary N) is 2. The predicted octanol–water partition coefficient (Wildman–Crippen LogP) is 2.62. The molecule has 0 bridgehead atoms. The van der Waals surface area contributed by atoms with Gasteiger partial charge in [0, 0.05) is 12.5 Å². The van der Waals surface area contributed by atoms with Crippen molar-refractivity contribution < 1.29 is 13.9 Å². The SMILES string of the molecule is CCc1cnc(CNC(=O)Nc2cc(Cl)nc(OC)c2)o1. The van der Waals surface area contributed by atoms with E-state index in [-0.39, 0.29) is 11.7 Å². The van der Waals surface area contributed by atoms with Crippen molar-refractivity contribution in [2.45, 2.75) is 19.9 Å². The van der Waals surface area contributed by atoms with Gasteiger partial charge in [0.25, 0.3) is 0 Å². The maximum atomic E-state index is 11.8. The number of methoxy groups -OCH3 is 1. The molecule has 0 spiro atoms. The van der Waals surface area contributed by atoms with Crippen LogP contribution in [0.3, 0.4) is 0 Å². The maximum absolute atomic E-state index is 11.8. The quantitative estimate of drug-likeness (QED) is 0.829. The Balaban J connectivity index is 1.91. The van der Waals surface area contributed by atoms with E-state index in [1.165, 1.54) is 13.2 Å². The van der Waals surface area contributed by atoms with Gasteiger partial charge in [-0.2, -0.15) is 0 Å². The first-order valence-electron chi connectivity index (χ1n) is 6.30. The molecule has 7 nitrogen and oxygen atoms in total. The van der Waals surface area contributed by atoms with Gasteiger partial charge in [0.1, 0.15) is 10.9 Å². The Morgan fingerprint density at radius 2 is 2.29 bits per heavy atom. The van der Waals surface area contributed by atoms with Gasteiger partial charge in [-0.25, -0.2) is 14.8 Å². The first kappa shape index (κ1) is 15.1. The molecule has 21 heavy (non-hydrogen) atoms. The summed E-state index contributed by atoms with van der Waals surface area (Å²) >= 11 is 5.82. The monoisotopic (exact) mass is 310 g/mol. The molecule has 2 heterocycles. The molecule has 2 N–H and O–H groups in total. The number of hydrogen-bond donors (Lipinski definition) is 2. The van der Waals surface area contributed by atoms with E-state index in [9.17, 15) is 4.79 Å². The number of urea groups is 1. The molecule has 0 fully saturated rings. The molecule has 2 aromatic heterocycles. The fourth-order valence-electron chi connectivity index (χ4n) is 1.57. The summed E-state index contributed by atoms with van der Waals surface area (Å²) in [5, 5.41) is 5.48. The standard InChI is InChI=1S/C13H15ClN4O3/c1-3-9-6-15-12(21-9)7-16-13(19)17-8-4-10(14)18-11(5-8)20-2/h4-6H,3,7H2,1-2H3,(H2,16,17,18,19). The normalized spacial score (nSPS) is 10.2. The molecular formula is C13H15ClN4O3. The molecular weight excluding hydrogens is 296 g/mol. The van der Waals surface area contributed by atoms with Crippen molar-refractivity contribution >= 4 is 23.3 Å². The molecule has 0 atom stereocenters. The van der Waals surface area contributed by atoms with Crippen LogP contribution in [0.2, 0.25) is 5.15 Å². The molecule has 0 aromatic carbocycles. The van der Waals surface area contributed by atoms with E-state index >= 15 is 0 Å². The van der Waals surface area contributed by atoms with Gasteiger partial charge in [0.15, 0.2) is 0 Å². The molecule has 0 aliphatic rings. The molecule has 8 heteroatoms. The summed E-state index contributed by atoms with van der Waals surface area (Å²) in [6.07, 6.45) is 2.40. The number of aryl methyl sites for hydroxylation is 1. The van der Waals surface area contributed by atoms with Crippen LogP contribution in [0, 0.1) is 0 Å². The molecule has 0 unspecified atom stereocenters. The Labute approximate surface area is 126 Å². The highest BCUT2D eigenvalue weighted by molar-refractivity contribution is 6.29. The second-order valence-electron chi connectivity index (χ2n) is 4.10. The van der Waals surface area contributed by atoms with Gasteiger partial charge in [0.2, 0.25) is 11.8 Å². The lowest BCUT2D eigenvalue weighted by molar-refractivity contribution is 0.250. The number of ether oxygens (including phenoxy) is 1. The number of carbonyl (C=O) groups is 1. The number of oxazole rings is 1. The molecule has 0 aliphatic carbocycles. The minimum atomic E-state index is -0.407. The van der Waals surface area contributed by atoms with Gasteiger partial charge in [-0.1, -0.05) is 18.5 Å². The topological polar surface area (TPSA) is 89.3 Å². The number of nitrogens with zero attached hydrogens (tertiary/aromatic N) is 2. The number of carbonyl (C=O) groups excluding carboxylic acids is 1. The van der Waals surface area contributed by atoms with Gasteiger partial charge < -0.3 is 19.8 Å². The highest BCUT2D eigenvalue weighted by Gasteiger charge is 2.08. The van der Waals surface area contributed by atoms with Gasteiger partial charge >= 0.3 is 6.03 Å². The Morgan fingerprint density at radius 3 is 2.95 bits per heavy atom. The van der Waals surface area contributed by atoms with Crippen LogP contribution in [0.25, 0.3) is 0 Å². The fraction of sp³-hybridized carbons (Fsp3) is 0.308. The third kappa shape index (κ3) is 4.35. The van der Waals surface area contributed by atoms with Crippen molar-refractivity contribution in [2.75, 3.05) is 12.4 Å². The zero-order valence-electron chi connectivity index (χ0n) is 11.6. The van der Waals surface area contributed by atoms with Gasteiger partial charge in [-0.3, -0.25) is 0 Å². The number of aromatic nitrogens is 2. The van der Waals surface area contributed by atoms with Crippen LogP contribution < -0.4 is 15.4 Å². The molecule has 2 amide bonds. The lowest BCUT2D eigenvalue weighted by Crippen LogP contribution is -2.28. The molecule has 0 saturated carbocycles. The Bertz CT molecular complexity index is 630. The fourth-order valence-corrected chi connectivity index (χ4v) is 1.77. The van der Waals surface area contributed by atoms with E-state index < -0.39 is 6.03 Å². The number of halogens is 1. The average molecular weight is 311 g/mol. The number of anilines is 1. The smallest absolute Gasteiger partial charge is 0.319 e. The van der Waals surface area contributed by atoms with Gasteiger partial charge in [0.05, 0.1) is 25.5 Å². The minimum absolute atomic E-state index is 0.196. The Morgan fingerprint density at radius 1 is 1.48 bits per heavy atom. The van der Waals surface area contributed by atoms with Crippen molar-refractivity contribution in [1.82, 2.24) is 15.3 Å². The summed E-state index contributed by atoms with van der Waals surface area (Å²) in [5.74, 6) is 1.54. The second-order valence-corrected chi connectivity index (χ2v) is 4.49. The minimum Gasteiger partial charge on any atom is -0.481 e. The van der Waals surface area contributed by atoms with Crippen molar-refractivity contribution in [3.05, 3.63) is 35.1 Å². The summed E-state index contributed by atoms with van der Waals surface area (Å²) in [7, 11) is 1.47. The van der Waals surface area contributed by atoms with Crippen LogP contribution in [0.1, 0.15) is 18.6 Å². The first-order valence-corrected chi connectivity index (χ1v) is 6.68. The number of pyridine rings is 1. The zero-order valence-corrected chi connectivity index (χ0v) is 12.4. The van der Waals surface area contributed by atoms with Crippen LogP contribution in [-0.2, 0) is 13.0 Å². The lowest BCUT2D eigenvalue weighted by atomic mass is 10.4. The molecule has 2 aromatic rings. The van der Waals surface area contributed by atoms with E-state index in [4.69, 9.17) is 20.8 Å². The second kappa shape index (κ2) is 6.94. The Kier molecular flexibility index (Phi) is 4.99. The lowest BCUT2D eigenvalue weighted by Gasteiger charge is -2.07. The molecule has 0 radical (unpaired) electrons. The molecule has 0 aliphatic heterocycles. The van der Waals surface area contributed by atoms with Crippen LogP contribution in [0.4, 0.5) is 10.5 Å². The predicted molar refractivity (Wildman–Crippen MR) is 77.5 cm³/mol. The number of amides is 2. The average Bonchev–Trinajstić information content (AvgIpc) is 2.92. The van der Waals surface area contributed by atoms with Crippen LogP contribution >= 0.6 is 11.6 Å². The summed E-state index contributed by atoms with van der Waals surface area (Å²) in [6.45, 7) is 2.16. The third-order valence-electron chi connectivity index (χ3n) is 2.59. The van der Waals surface area contributed by atoms with Crippen molar-refractivity contribution in [3.8, 4) is 5.88 Å². The van der Waals surface area contributed by atoms with E-state index in [1.807, 2.05) is 6.92 Å². The maximum Gasteiger partial charge on any atom is 0.319 e. The van der Waals surface area contributed by atoms with E-state index in [2.05, 4.69) is 20.6 Å². The molecule has 2 rings (SSSR count). The summed E-state index contributed by atoms with van der Waals surface area (Å²) in [5.41, 5.74) is 0.478. The Hall–Kier alpha value is -2.28. The van der Waals surface area contributed by atoms with Gasteiger partial charge in [-0.15, -0.1) is 0 Å². The van der Waals surface area contributed by atoms with Crippen molar-refractivity contribution in [3.63, 3.8) is 0 Å². The summed E-state index contributed by atoms with van der Waals surface area (Å²) < 4.78 is 10.4. The number of rotatable bonds is 5. The van der Waals surface area contributed by atoms with Crippen LogP contribution in [0.5, 0.6) is 5.88 Å².